The topological polar surface area (TPSA) is 88.5 Å². The van der Waals surface area contributed by atoms with Crippen LogP contribution in [0.5, 0.6) is 0 Å². The Balaban J connectivity index is 1.55. The Morgan fingerprint density at radius 2 is 1.81 bits per heavy atom. The van der Waals surface area contributed by atoms with Crippen LogP contribution in [0, 0.1) is 0 Å². The molecule has 188 valence electrons. The second-order valence-corrected chi connectivity index (χ2v) is 8.87. The Labute approximate surface area is 206 Å². The van der Waals surface area contributed by atoms with E-state index in [0.29, 0.717) is 17.1 Å². The number of hydrogen-bond acceptors (Lipinski definition) is 4. The summed E-state index contributed by atoms with van der Waals surface area (Å²) in [6.45, 7) is 3.90. The molecule has 0 atom stereocenters. The number of anilines is 1. The third-order valence-corrected chi connectivity index (χ3v) is 5.89. The second-order valence-electron chi connectivity index (χ2n) is 8.87. The number of aromatic amines is 1. The van der Waals surface area contributed by atoms with E-state index in [-0.39, 0.29) is 18.2 Å². The van der Waals surface area contributed by atoms with Crippen molar-refractivity contribution < 1.29 is 18.0 Å². The van der Waals surface area contributed by atoms with Crippen LogP contribution < -0.4 is 5.32 Å². The number of aromatic nitrogens is 5. The number of nitrogens with zero attached hydrogens (tertiary/aromatic N) is 4. The first-order chi connectivity index (χ1) is 17.2. The van der Waals surface area contributed by atoms with E-state index in [2.05, 4.69) is 38.1 Å². The summed E-state index contributed by atoms with van der Waals surface area (Å²) in [4.78, 5) is 13.2. The average molecular weight is 497 g/mol. The first-order valence-electron chi connectivity index (χ1n) is 11.7. The lowest BCUT2D eigenvalue weighted by Gasteiger charge is -2.19. The molecule has 2 aromatic heterocycles. The van der Waals surface area contributed by atoms with Gasteiger partial charge in [-0.2, -0.15) is 13.2 Å². The van der Waals surface area contributed by atoms with Crippen LogP contribution in [-0.4, -0.2) is 31.1 Å². The molecule has 2 aromatic carbocycles. The third-order valence-electron chi connectivity index (χ3n) is 5.89. The van der Waals surface area contributed by atoms with Gasteiger partial charge < -0.3 is 9.88 Å². The average Bonchev–Trinajstić information content (AvgIpc) is 3.49. The predicted octanol–water partition coefficient (Wildman–Crippen LogP) is 5.62. The molecule has 0 fully saturated rings. The van der Waals surface area contributed by atoms with Crippen molar-refractivity contribution in [3.05, 3.63) is 94.6 Å². The van der Waals surface area contributed by atoms with Gasteiger partial charge in [-0.25, -0.2) is 5.10 Å². The van der Waals surface area contributed by atoms with Crippen molar-refractivity contribution in [3.63, 3.8) is 0 Å². The van der Waals surface area contributed by atoms with E-state index in [4.69, 9.17) is 0 Å². The van der Waals surface area contributed by atoms with Gasteiger partial charge in [-0.15, -0.1) is 5.10 Å². The standard InChI is InChI=1S/C26H27F3N6O/c1-17(2)35-20(10-6-9-18-7-4-3-5-8-18)12-14-23(35)25(36)30-22-15-19(16-24-31-33-34-32-24)11-13-21(22)26(27,28)29/h3-5,7-8,11-15,17H,6,9-10,16H2,1-2H3,(H,30,36)(H,31,32,33,34). The first-order valence-corrected chi connectivity index (χ1v) is 11.7. The molecule has 4 aromatic rings. The van der Waals surface area contributed by atoms with Crippen molar-refractivity contribution in [1.29, 1.82) is 0 Å². The smallest absolute Gasteiger partial charge is 0.338 e. The summed E-state index contributed by atoms with van der Waals surface area (Å²) in [6, 6.07) is 17.3. The van der Waals surface area contributed by atoms with Crippen molar-refractivity contribution in [3.8, 4) is 0 Å². The van der Waals surface area contributed by atoms with E-state index in [1.165, 1.54) is 17.7 Å². The van der Waals surface area contributed by atoms with Crippen LogP contribution >= 0.6 is 0 Å². The van der Waals surface area contributed by atoms with Gasteiger partial charge in [0, 0.05) is 18.2 Å². The third kappa shape index (κ3) is 5.99. The highest BCUT2D eigenvalue weighted by Crippen LogP contribution is 2.36. The summed E-state index contributed by atoms with van der Waals surface area (Å²) in [6.07, 6.45) is -1.90. The van der Waals surface area contributed by atoms with Crippen molar-refractivity contribution in [2.75, 3.05) is 5.32 Å². The molecule has 4 rings (SSSR count). The van der Waals surface area contributed by atoms with Crippen molar-refractivity contribution in [1.82, 2.24) is 25.2 Å². The first kappa shape index (κ1) is 25.2. The number of rotatable bonds is 9. The molecule has 0 bridgehead atoms. The van der Waals surface area contributed by atoms with Gasteiger partial charge in [-0.05, 0) is 78.9 Å². The number of benzene rings is 2. The Bertz CT molecular complexity index is 1300. The lowest BCUT2D eigenvalue weighted by Crippen LogP contribution is -2.21. The zero-order valence-electron chi connectivity index (χ0n) is 20.0. The van der Waals surface area contributed by atoms with Crippen LogP contribution in [0.15, 0.2) is 60.7 Å². The van der Waals surface area contributed by atoms with Crippen molar-refractivity contribution >= 4 is 11.6 Å². The summed E-state index contributed by atoms with van der Waals surface area (Å²) in [7, 11) is 0. The Kier molecular flexibility index (Phi) is 7.52. The number of halogens is 3. The predicted molar refractivity (Wildman–Crippen MR) is 130 cm³/mol. The Morgan fingerprint density at radius 1 is 1.03 bits per heavy atom. The molecule has 7 nitrogen and oxygen atoms in total. The minimum absolute atomic E-state index is 0.0418. The molecule has 0 radical (unpaired) electrons. The molecule has 1 amide bonds. The molecule has 0 unspecified atom stereocenters. The van der Waals surface area contributed by atoms with Gasteiger partial charge in [0.05, 0.1) is 11.3 Å². The minimum Gasteiger partial charge on any atom is -0.338 e. The van der Waals surface area contributed by atoms with Gasteiger partial charge in [0.1, 0.15) is 5.69 Å². The molecular formula is C26H27F3N6O. The SMILES string of the molecule is CC(C)n1c(CCCc2ccccc2)ccc1C(=O)Nc1cc(Cc2nnn[nH]2)ccc1C(F)(F)F. The van der Waals surface area contributed by atoms with E-state index < -0.39 is 17.6 Å². The van der Waals surface area contributed by atoms with Gasteiger partial charge in [0.2, 0.25) is 0 Å². The maximum absolute atomic E-state index is 13.7. The molecular weight excluding hydrogens is 469 g/mol. The van der Waals surface area contributed by atoms with Crippen LogP contribution in [0.4, 0.5) is 18.9 Å². The highest BCUT2D eigenvalue weighted by atomic mass is 19.4. The highest BCUT2D eigenvalue weighted by Gasteiger charge is 2.34. The zero-order chi connectivity index (χ0) is 25.7. The van der Waals surface area contributed by atoms with E-state index >= 15 is 0 Å². The lowest BCUT2D eigenvalue weighted by atomic mass is 10.1. The Hall–Kier alpha value is -3.95. The van der Waals surface area contributed by atoms with E-state index in [0.717, 1.165) is 31.0 Å². The summed E-state index contributed by atoms with van der Waals surface area (Å²) >= 11 is 0. The lowest BCUT2D eigenvalue weighted by molar-refractivity contribution is -0.136. The number of tetrazole rings is 1. The Morgan fingerprint density at radius 3 is 2.47 bits per heavy atom. The molecule has 0 aliphatic rings. The van der Waals surface area contributed by atoms with Crippen LogP contribution in [0.25, 0.3) is 0 Å². The van der Waals surface area contributed by atoms with Gasteiger partial charge in [-0.1, -0.05) is 36.4 Å². The number of hydrogen-bond donors (Lipinski definition) is 2. The largest absolute Gasteiger partial charge is 0.418 e. The van der Waals surface area contributed by atoms with E-state index in [1.54, 1.807) is 6.07 Å². The minimum atomic E-state index is -4.63. The number of aryl methyl sites for hydroxylation is 2. The molecule has 2 N–H and O–H groups in total. The number of carbonyl (C=O) groups is 1. The number of nitrogens with one attached hydrogen (secondary N) is 2. The number of amides is 1. The molecule has 2 heterocycles. The molecule has 0 saturated heterocycles. The number of alkyl halides is 3. The quantitative estimate of drug-likeness (QED) is 0.315. The summed E-state index contributed by atoms with van der Waals surface area (Å²) in [5.41, 5.74) is 1.82. The van der Waals surface area contributed by atoms with Crippen molar-refractivity contribution in [2.45, 2.75) is 51.7 Å². The van der Waals surface area contributed by atoms with Gasteiger partial charge in [-0.3, -0.25) is 4.79 Å². The summed E-state index contributed by atoms with van der Waals surface area (Å²) < 4.78 is 43.0. The van der Waals surface area contributed by atoms with Gasteiger partial charge in [0.15, 0.2) is 5.82 Å². The maximum atomic E-state index is 13.7. The van der Waals surface area contributed by atoms with Crippen LogP contribution in [0.2, 0.25) is 0 Å². The van der Waals surface area contributed by atoms with Crippen LogP contribution in [0.1, 0.15) is 65.0 Å². The fourth-order valence-electron chi connectivity index (χ4n) is 4.29. The van der Waals surface area contributed by atoms with Crippen molar-refractivity contribution in [2.24, 2.45) is 0 Å². The van der Waals surface area contributed by atoms with Gasteiger partial charge in [0.25, 0.3) is 5.91 Å². The molecule has 0 spiro atoms. The summed E-state index contributed by atoms with van der Waals surface area (Å²) in [5.74, 6) is -0.192. The van der Waals surface area contributed by atoms with Gasteiger partial charge >= 0.3 is 6.18 Å². The fraction of sp³-hybridized carbons (Fsp3) is 0.308. The molecule has 10 heteroatoms. The molecule has 0 saturated carbocycles. The number of carbonyl (C=O) groups excluding carboxylic acids is 1. The summed E-state index contributed by atoms with van der Waals surface area (Å²) in [5, 5.41) is 15.8. The zero-order valence-corrected chi connectivity index (χ0v) is 20.0. The molecule has 0 aliphatic carbocycles. The normalized spacial score (nSPS) is 11.7. The van der Waals surface area contributed by atoms with Crippen LogP contribution in [0.3, 0.4) is 0 Å². The number of H-pyrrole nitrogens is 1. The second kappa shape index (κ2) is 10.8. The highest BCUT2D eigenvalue weighted by molar-refractivity contribution is 6.04. The molecule has 0 aliphatic heterocycles. The fourth-order valence-corrected chi connectivity index (χ4v) is 4.29. The molecule has 36 heavy (non-hydrogen) atoms. The maximum Gasteiger partial charge on any atom is 0.418 e. The monoisotopic (exact) mass is 496 g/mol. The van der Waals surface area contributed by atoms with E-state index in [1.807, 2.05) is 42.7 Å². The van der Waals surface area contributed by atoms with E-state index in [9.17, 15) is 18.0 Å². The van der Waals surface area contributed by atoms with Crippen LogP contribution in [-0.2, 0) is 25.4 Å².